The fraction of sp³-hybridized carbons (Fsp3) is 0.727. The third-order valence-corrected chi connectivity index (χ3v) is 3.52. The van der Waals surface area contributed by atoms with Gasteiger partial charge in [0.25, 0.3) is 0 Å². The van der Waals surface area contributed by atoms with E-state index in [0.29, 0.717) is 0 Å². The standard InChI is InChI=1S/C11H21N3OS/c1-5-9-10(8-12-6-7-15-4)16-11(13-9)14(2)3/h12H,5-8H2,1-4H3. The van der Waals surface area contributed by atoms with E-state index in [1.807, 2.05) is 14.1 Å². The van der Waals surface area contributed by atoms with Gasteiger partial charge in [0.1, 0.15) is 0 Å². The van der Waals surface area contributed by atoms with Crippen molar-refractivity contribution >= 4 is 16.5 Å². The van der Waals surface area contributed by atoms with Gasteiger partial charge in [-0.15, -0.1) is 11.3 Å². The van der Waals surface area contributed by atoms with E-state index in [0.717, 1.165) is 31.2 Å². The molecule has 1 aromatic heterocycles. The number of nitrogens with one attached hydrogen (secondary N) is 1. The number of nitrogens with zero attached hydrogens (tertiary/aromatic N) is 2. The van der Waals surface area contributed by atoms with Gasteiger partial charge >= 0.3 is 0 Å². The van der Waals surface area contributed by atoms with E-state index in [2.05, 4.69) is 22.1 Å². The molecule has 5 heteroatoms. The molecule has 0 fully saturated rings. The van der Waals surface area contributed by atoms with Crippen molar-refractivity contribution in [1.29, 1.82) is 0 Å². The minimum absolute atomic E-state index is 0.751. The first-order valence-corrected chi connectivity index (χ1v) is 6.36. The first-order valence-electron chi connectivity index (χ1n) is 5.54. The van der Waals surface area contributed by atoms with Crippen LogP contribution in [-0.4, -0.2) is 39.3 Å². The minimum atomic E-state index is 0.751. The van der Waals surface area contributed by atoms with Gasteiger partial charge in [0.15, 0.2) is 5.13 Å². The van der Waals surface area contributed by atoms with E-state index in [1.54, 1.807) is 18.4 Å². The summed E-state index contributed by atoms with van der Waals surface area (Å²) in [5.41, 5.74) is 1.21. The third-order valence-electron chi connectivity index (χ3n) is 2.25. The first-order chi connectivity index (χ1) is 7.69. The highest BCUT2D eigenvalue weighted by molar-refractivity contribution is 7.15. The molecule has 0 aliphatic heterocycles. The number of aryl methyl sites for hydroxylation is 1. The van der Waals surface area contributed by atoms with Gasteiger partial charge in [0.2, 0.25) is 0 Å². The summed E-state index contributed by atoms with van der Waals surface area (Å²) in [6.45, 7) is 4.67. The molecule has 1 rings (SSSR count). The molecule has 1 aromatic rings. The van der Waals surface area contributed by atoms with Gasteiger partial charge in [-0.1, -0.05) is 6.92 Å². The molecule has 1 heterocycles. The quantitative estimate of drug-likeness (QED) is 0.737. The molecule has 0 aromatic carbocycles. The van der Waals surface area contributed by atoms with E-state index < -0.39 is 0 Å². The number of ether oxygens (including phenoxy) is 1. The predicted molar refractivity (Wildman–Crippen MR) is 69.4 cm³/mol. The van der Waals surface area contributed by atoms with Crippen molar-refractivity contribution in [2.75, 3.05) is 39.3 Å². The van der Waals surface area contributed by atoms with Crippen molar-refractivity contribution in [3.63, 3.8) is 0 Å². The molecule has 0 radical (unpaired) electrons. The van der Waals surface area contributed by atoms with Crippen LogP contribution in [-0.2, 0) is 17.7 Å². The van der Waals surface area contributed by atoms with Gasteiger partial charge in [-0.3, -0.25) is 0 Å². The van der Waals surface area contributed by atoms with Gasteiger partial charge in [-0.2, -0.15) is 0 Å². The van der Waals surface area contributed by atoms with E-state index >= 15 is 0 Å². The van der Waals surface area contributed by atoms with Gasteiger partial charge in [0.05, 0.1) is 12.3 Å². The van der Waals surface area contributed by atoms with Crippen LogP contribution in [0.25, 0.3) is 0 Å². The second kappa shape index (κ2) is 6.83. The van der Waals surface area contributed by atoms with Gasteiger partial charge < -0.3 is 15.0 Å². The van der Waals surface area contributed by atoms with Crippen molar-refractivity contribution in [3.8, 4) is 0 Å². The third kappa shape index (κ3) is 3.73. The number of anilines is 1. The van der Waals surface area contributed by atoms with Crippen molar-refractivity contribution in [2.24, 2.45) is 0 Å². The molecule has 0 bridgehead atoms. The Balaban J connectivity index is 2.56. The molecule has 0 atom stereocenters. The largest absolute Gasteiger partial charge is 0.383 e. The van der Waals surface area contributed by atoms with Crippen LogP contribution in [0.3, 0.4) is 0 Å². The summed E-state index contributed by atoms with van der Waals surface area (Å²) in [6.07, 6.45) is 0.992. The summed E-state index contributed by atoms with van der Waals surface area (Å²) in [5.74, 6) is 0. The monoisotopic (exact) mass is 243 g/mol. The Kier molecular flexibility index (Phi) is 5.73. The highest BCUT2D eigenvalue weighted by Crippen LogP contribution is 2.25. The summed E-state index contributed by atoms with van der Waals surface area (Å²) in [5, 5.41) is 4.44. The fourth-order valence-corrected chi connectivity index (χ4v) is 2.39. The molecule has 0 saturated carbocycles. The molecule has 0 spiro atoms. The fourth-order valence-electron chi connectivity index (χ4n) is 1.35. The van der Waals surface area contributed by atoms with E-state index in [1.165, 1.54) is 10.6 Å². The molecular formula is C11H21N3OS. The van der Waals surface area contributed by atoms with Crippen LogP contribution >= 0.6 is 11.3 Å². The highest BCUT2D eigenvalue weighted by atomic mass is 32.1. The van der Waals surface area contributed by atoms with Crippen LogP contribution in [0.4, 0.5) is 5.13 Å². The Morgan fingerprint density at radius 3 is 2.75 bits per heavy atom. The number of rotatable bonds is 7. The van der Waals surface area contributed by atoms with Crippen molar-refractivity contribution in [3.05, 3.63) is 10.6 Å². The molecule has 4 nitrogen and oxygen atoms in total. The highest BCUT2D eigenvalue weighted by Gasteiger charge is 2.10. The lowest BCUT2D eigenvalue weighted by Crippen LogP contribution is -2.18. The second-order valence-corrected chi connectivity index (χ2v) is 4.85. The smallest absolute Gasteiger partial charge is 0.185 e. The average Bonchev–Trinajstić information content (AvgIpc) is 2.68. The molecule has 0 aliphatic rings. The Morgan fingerprint density at radius 2 is 2.19 bits per heavy atom. The molecule has 0 saturated heterocycles. The van der Waals surface area contributed by atoms with Crippen LogP contribution in [0.15, 0.2) is 0 Å². The lowest BCUT2D eigenvalue weighted by Gasteiger charge is -2.05. The van der Waals surface area contributed by atoms with E-state index in [9.17, 15) is 0 Å². The second-order valence-electron chi connectivity index (χ2n) is 3.78. The molecule has 0 unspecified atom stereocenters. The van der Waals surface area contributed by atoms with Gasteiger partial charge in [-0.05, 0) is 6.42 Å². The summed E-state index contributed by atoms with van der Waals surface area (Å²) in [4.78, 5) is 7.99. The maximum Gasteiger partial charge on any atom is 0.185 e. The van der Waals surface area contributed by atoms with Crippen LogP contribution in [0, 0.1) is 0 Å². The van der Waals surface area contributed by atoms with Crippen LogP contribution in [0.1, 0.15) is 17.5 Å². The van der Waals surface area contributed by atoms with Gasteiger partial charge in [0, 0.05) is 39.2 Å². The normalized spacial score (nSPS) is 10.8. The number of hydrogen-bond donors (Lipinski definition) is 1. The maximum absolute atomic E-state index is 5.00. The lowest BCUT2D eigenvalue weighted by atomic mass is 10.3. The zero-order chi connectivity index (χ0) is 12.0. The molecule has 1 N–H and O–H groups in total. The number of thiazole rings is 1. The lowest BCUT2D eigenvalue weighted by molar-refractivity contribution is 0.199. The molecule has 0 amide bonds. The predicted octanol–water partition coefficient (Wildman–Crippen LogP) is 1.51. The van der Waals surface area contributed by atoms with E-state index in [4.69, 9.17) is 4.74 Å². The zero-order valence-electron chi connectivity index (χ0n) is 10.5. The SMILES string of the molecule is CCc1nc(N(C)C)sc1CNCCOC. The van der Waals surface area contributed by atoms with Crippen LogP contribution in [0.5, 0.6) is 0 Å². The van der Waals surface area contributed by atoms with Gasteiger partial charge in [-0.25, -0.2) is 4.98 Å². The number of hydrogen-bond acceptors (Lipinski definition) is 5. The summed E-state index contributed by atoms with van der Waals surface area (Å²) < 4.78 is 5.00. The Hall–Kier alpha value is -0.650. The Labute approximate surface area is 102 Å². The van der Waals surface area contributed by atoms with Crippen LogP contribution < -0.4 is 10.2 Å². The summed E-state index contributed by atoms with van der Waals surface area (Å²) in [7, 11) is 5.77. The van der Waals surface area contributed by atoms with Crippen molar-refractivity contribution in [2.45, 2.75) is 19.9 Å². The average molecular weight is 243 g/mol. The maximum atomic E-state index is 5.00. The summed E-state index contributed by atoms with van der Waals surface area (Å²) >= 11 is 1.76. The molecule has 0 aliphatic carbocycles. The topological polar surface area (TPSA) is 37.4 Å². The first kappa shape index (κ1) is 13.4. The Bertz CT molecular complexity index is 312. The molecular weight excluding hydrogens is 222 g/mol. The van der Waals surface area contributed by atoms with Crippen molar-refractivity contribution in [1.82, 2.24) is 10.3 Å². The van der Waals surface area contributed by atoms with E-state index in [-0.39, 0.29) is 0 Å². The number of methoxy groups -OCH3 is 1. The zero-order valence-corrected chi connectivity index (χ0v) is 11.4. The van der Waals surface area contributed by atoms with Crippen molar-refractivity contribution < 1.29 is 4.74 Å². The molecule has 16 heavy (non-hydrogen) atoms. The summed E-state index contributed by atoms with van der Waals surface area (Å²) in [6, 6.07) is 0. The minimum Gasteiger partial charge on any atom is -0.383 e. The number of aromatic nitrogens is 1. The Morgan fingerprint density at radius 1 is 1.44 bits per heavy atom. The molecule has 92 valence electrons. The van der Waals surface area contributed by atoms with Crippen LogP contribution in [0.2, 0.25) is 0 Å².